The molecule has 0 radical (unpaired) electrons. The third kappa shape index (κ3) is 2.98. The molecule has 0 bridgehead atoms. The third-order valence-electron chi connectivity index (χ3n) is 4.19. The van der Waals surface area contributed by atoms with Gasteiger partial charge in [0.2, 0.25) is 11.4 Å². The van der Waals surface area contributed by atoms with Crippen LogP contribution < -0.4 is 0 Å². The predicted octanol–water partition coefficient (Wildman–Crippen LogP) is 5.57. The van der Waals surface area contributed by atoms with E-state index >= 15 is 0 Å². The Hall–Kier alpha value is -4.45. The van der Waals surface area contributed by atoms with Crippen molar-refractivity contribution < 1.29 is 0 Å². The number of hydrogen-bond donors (Lipinski definition) is 0. The zero-order valence-corrected chi connectivity index (χ0v) is 14.4. The van der Waals surface area contributed by atoms with Crippen LogP contribution in [0.15, 0.2) is 48.7 Å². The maximum Gasteiger partial charge on any atom is 0.213 e. The highest BCUT2D eigenvalue weighted by atomic mass is 14.8. The number of nitriles is 2. The first-order valence-electron chi connectivity index (χ1n) is 7.93. The first kappa shape index (κ1) is 17.4. The molecule has 0 N–H and O–H groups in total. The van der Waals surface area contributed by atoms with E-state index in [-0.39, 0.29) is 22.5 Å². The van der Waals surface area contributed by atoms with E-state index in [9.17, 15) is 10.5 Å². The van der Waals surface area contributed by atoms with Crippen molar-refractivity contribution in [3.63, 3.8) is 0 Å². The third-order valence-corrected chi connectivity index (χ3v) is 4.19. The Morgan fingerprint density at radius 2 is 1.63 bits per heavy atom. The topological polar surface area (TPSA) is 69.2 Å². The van der Waals surface area contributed by atoms with Crippen molar-refractivity contribution in [1.29, 1.82) is 10.5 Å². The second kappa shape index (κ2) is 7.20. The standard InChI is InChI=1S/C22H11N5/c1-14-13-27-20(10-17(14)15-7-5-4-6-8-15)18-9-16(11-23)19(12-24)22(26-3)21(18)25-2/h4-10,13H,1H3. The van der Waals surface area contributed by atoms with Crippen molar-refractivity contribution in [3.05, 3.63) is 88.2 Å². The Bertz CT molecular complexity index is 1210. The Kier molecular flexibility index (Phi) is 4.63. The van der Waals surface area contributed by atoms with Crippen molar-refractivity contribution in [2.45, 2.75) is 6.92 Å². The average molecular weight is 345 g/mol. The van der Waals surface area contributed by atoms with E-state index in [0.717, 1.165) is 16.7 Å². The number of hydrogen-bond acceptors (Lipinski definition) is 3. The molecule has 0 aliphatic carbocycles. The average Bonchev–Trinajstić information content (AvgIpc) is 2.72. The fourth-order valence-electron chi connectivity index (χ4n) is 2.88. The van der Waals surface area contributed by atoms with E-state index in [1.165, 1.54) is 6.07 Å². The molecule has 0 unspecified atom stereocenters. The first-order valence-corrected chi connectivity index (χ1v) is 7.93. The highest BCUT2D eigenvalue weighted by Crippen LogP contribution is 2.43. The lowest BCUT2D eigenvalue weighted by molar-refractivity contribution is 1.27. The van der Waals surface area contributed by atoms with Crippen LogP contribution in [0.4, 0.5) is 11.4 Å². The smallest absolute Gasteiger partial charge is 0.213 e. The van der Waals surface area contributed by atoms with Crippen LogP contribution in [-0.2, 0) is 0 Å². The number of aryl methyl sites for hydroxylation is 1. The summed E-state index contributed by atoms with van der Waals surface area (Å²) >= 11 is 0. The molecule has 0 saturated carbocycles. The Morgan fingerprint density at radius 3 is 2.22 bits per heavy atom. The maximum absolute atomic E-state index is 9.38. The summed E-state index contributed by atoms with van der Waals surface area (Å²) in [6, 6.07) is 16.9. The van der Waals surface area contributed by atoms with Crippen molar-refractivity contribution in [2.75, 3.05) is 0 Å². The van der Waals surface area contributed by atoms with Gasteiger partial charge in [0.25, 0.3) is 0 Å². The molecule has 1 aromatic heterocycles. The summed E-state index contributed by atoms with van der Waals surface area (Å²) in [6.45, 7) is 16.8. The quantitative estimate of drug-likeness (QED) is 0.570. The van der Waals surface area contributed by atoms with Crippen LogP contribution in [0, 0.1) is 42.7 Å². The molecule has 5 nitrogen and oxygen atoms in total. The Balaban J connectivity index is 2.34. The van der Waals surface area contributed by atoms with Crippen LogP contribution in [-0.4, -0.2) is 4.98 Å². The summed E-state index contributed by atoms with van der Waals surface area (Å²) < 4.78 is 0. The normalized spacial score (nSPS) is 9.52. The van der Waals surface area contributed by atoms with Gasteiger partial charge in [0.05, 0.1) is 42.1 Å². The van der Waals surface area contributed by atoms with Crippen LogP contribution >= 0.6 is 0 Å². The molecule has 0 spiro atoms. The monoisotopic (exact) mass is 345 g/mol. The molecule has 27 heavy (non-hydrogen) atoms. The fourth-order valence-corrected chi connectivity index (χ4v) is 2.88. The second-order valence-corrected chi connectivity index (χ2v) is 5.74. The Labute approximate surface area is 157 Å². The predicted molar refractivity (Wildman–Crippen MR) is 102 cm³/mol. The summed E-state index contributed by atoms with van der Waals surface area (Å²) in [4.78, 5) is 11.2. The van der Waals surface area contributed by atoms with Gasteiger partial charge in [0.15, 0.2) is 0 Å². The van der Waals surface area contributed by atoms with Gasteiger partial charge in [0.1, 0.15) is 0 Å². The molecule has 0 fully saturated rings. The minimum Gasteiger partial charge on any atom is -0.257 e. The van der Waals surface area contributed by atoms with Crippen molar-refractivity contribution in [3.8, 4) is 34.5 Å². The summed E-state index contributed by atoms with van der Waals surface area (Å²) in [7, 11) is 0. The largest absolute Gasteiger partial charge is 0.257 e. The van der Waals surface area contributed by atoms with Gasteiger partial charge in [-0.3, -0.25) is 4.98 Å². The number of nitrogens with zero attached hydrogens (tertiary/aromatic N) is 5. The summed E-state index contributed by atoms with van der Waals surface area (Å²) in [6.07, 6.45) is 1.70. The van der Waals surface area contributed by atoms with Gasteiger partial charge in [0, 0.05) is 6.20 Å². The van der Waals surface area contributed by atoms with Crippen molar-refractivity contribution in [2.24, 2.45) is 0 Å². The van der Waals surface area contributed by atoms with Gasteiger partial charge in [-0.05, 0) is 41.3 Å². The van der Waals surface area contributed by atoms with Gasteiger partial charge in [-0.25, -0.2) is 9.69 Å². The van der Waals surface area contributed by atoms with E-state index in [1.54, 1.807) is 6.20 Å². The Morgan fingerprint density at radius 1 is 0.926 bits per heavy atom. The number of aromatic nitrogens is 1. The van der Waals surface area contributed by atoms with Crippen LogP contribution in [0.3, 0.4) is 0 Å². The molecular weight excluding hydrogens is 334 g/mol. The lowest BCUT2D eigenvalue weighted by Crippen LogP contribution is -1.93. The summed E-state index contributed by atoms with van der Waals surface area (Å²) in [5, 5.41) is 18.7. The van der Waals surface area contributed by atoms with Crippen LogP contribution in [0.1, 0.15) is 16.7 Å². The lowest BCUT2D eigenvalue weighted by atomic mass is 9.95. The first-order chi connectivity index (χ1) is 13.1. The van der Waals surface area contributed by atoms with Crippen molar-refractivity contribution >= 4 is 11.4 Å². The SMILES string of the molecule is [C-]#[N+]c1c(-c2cc(-c3ccccc3)c(C)cn2)cc(C#N)c(C#N)c1[N+]#[C-]. The minimum absolute atomic E-state index is 0.0379. The number of benzene rings is 2. The van der Waals surface area contributed by atoms with E-state index in [1.807, 2.05) is 55.5 Å². The van der Waals surface area contributed by atoms with Gasteiger partial charge in [-0.15, -0.1) is 0 Å². The molecule has 5 heteroatoms. The van der Waals surface area contributed by atoms with Gasteiger partial charge >= 0.3 is 0 Å². The van der Waals surface area contributed by atoms with Crippen LogP contribution in [0.25, 0.3) is 32.1 Å². The van der Waals surface area contributed by atoms with Gasteiger partial charge in [-0.2, -0.15) is 10.5 Å². The molecule has 0 aliphatic rings. The van der Waals surface area contributed by atoms with E-state index < -0.39 is 0 Å². The zero-order valence-electron chi connectivity index (χ0n) is 14.4. The maximum atomic E-state index is 9.38. The number of pyridine rings is 1. The molecular formula is C22H11N5. The van der Waals surface area contributed by atoms with E-state index in [2.05, 4.69) is 14.7 Å². The van der Waals surface area contributed by atoms with Crippen molar-refractivity contribution in [1.82, 2.24) is 4.98 Å². The van der Waals surface area contributed by atoms with E-state index in [0.29, 0.717) is 11.3 Å². The van der Waals surface area contributed by atoms with Gasteiger partial charge < -0.3 is 0 Å². The highest BCUT2D eigenvalue weighted by molar-refractivity contribution is 5.93. The van der Waals surface area contributed by atoms with Crippen LogP contribution in [0.2, 0.25) is 0 Å². The molecule has 1 heterocycles. The second-order valence-electron chi connectivity index (χ2n) is 5.74. The number of rotatable bonds is 2. The molecule has 124 valence electrons. The van der Waals surface area contributed by atoms with Gasteiger partial charge in [-0.1, -0.05) is 30.3 Å². The fraction of sp³-hybridized carbons (Fsp3) is 0.0455. The van der Waals surface area contributed by atoms with Crippen LogP contribution in [0.5, 0.6) is 0 Å². The molecule has 0 saturated heterocycles. The van der Waals surface area contributed by atoms with E-state index in [4.69, 9.17) is 13.1 Å². The molecule has 3 rings (SSSR count). The highest BCUT2D eigenvalue weighted by Gasteiger charge is 2.21. The minimum atomic E-state index is -0.106. The lowest BCUT2D eigenvalue weighted by Gasteiger charge is -2.12. The molecule has 3 aromatic rings. The summed E-state index contributed by atoms with van der Waals surface area (Å²) in [5.74, 6) is 0. The summed E-state index contributed by atoms with van der Waals surface area (Å²) in [5.41, 5.74) is 3.70. The molecule has 0 amide bonds. The zero-order chi connectivity index (χ0) is 19.4. The molecule has 2 aromatic carbocycles. The molecule has 0 atom stereocenters. The molecule has 0 aliphatic heterocycles.